The fraction of sp³-hybridized carbons (Fsp3) is 0.750. The summed E-state index contributed by atoms with van der Waals surface area (Å²) in [5.41, 5.74) is 0.603. The second-order valence-electron chi connectivity index (χ2n) is 5.07. The lowest BCUT2D eigenvalue weighted by atomic mass is 10.1. The van der Waals surface area contributed by atoms with E-state index in [-0.39, 0.29) is 10.6 Å². The predicted molar refractivity (Wildman–Crippen MR) is 73.1 cm³/mol. The lowest BCUT2D eigenvalue weighted by Crippen LogP contribution is -2.26. The number of aliphatic hydroxyl groups is 1. The third-order valence-corrected chi connectivity index (χ3v) is 4.54. The molecule has 0 bridgehead atoms. The first-order valence-electron chi connectivity index (χ1n) is 6.53. The van der Waals surface area contributed by atoms with Gasteiger partial charge in [0.2, 0.25) is 10.0 Å². The molecule has 0 atom stereocenters. The van der Waals surface area contributed by atoms with Crippen molar-refractivity contribution in [1.82, 2.24) is 14.9 Å². The van der Waals surface area contributed by atoms with Crippen molar-refractivity contribution >= 4 is 10.0 Å². The molecule has 3 N–H and O–H groups in total. The zero-order chi connectivity index (χ0) is 14.5. The van der Waals surface area contributed by atoms with Gasteiger partial charge in [0.1, 0.15) is 10.6 Å². The quantitative estimate of drug-likeness (QED) is 0.629. The van der Waals surface area contributed by atoms with Gasteiger partial charge in [-0.2, -0.15) is 5.10 Å². The SMILES string of the molecule is Cc1[nH]nc(CO)c1S(=O)(=O)NCCCCC(C)C. The Labute approximate surface area is 114 Å². The minimum atomic E-state index is -3.59. The van der Waals surface area contributed by atoms with Crippen molar-refractivity contribution in [3.63, 3.8) is 0 Å². The standard InChI is InChI=1S/C12H23N3O3S/c1-9(2)6-4-5-7-13-19(17,18)12-10(3)14-15-11(12)8-16/h9,13,16H,4-8H2,1-3H3,(H,14,15). The Hall–Kier alpha value is -0.920. The maximum absolute atomic E-state index is 12.1. The number of hydrogen-bond acceptors (Lipinski definition) is 4. The first-order chi connectivity index (χ1) is 8.88. The highest BCUT2D eigenvalue weighted by atomic mass is 32.2. The Balaban J connectivity index is 2.59. The summed E-state index contributed by atoms with van der Waals surface area (Å²) in [6, 6.07) is 0. The van der Waals surface area contributed by atoms with E-state index < -0.39 is 16.6 Å². The third-order valence-electron chi connectivity index (χ3n) is 2.88. The van der Waals surface area contributed by atoms with Gasteiger partial charge in [0.05, 0.1) is 12.3 Å². The van der Waals surface area contributed by atoms with Gasteiger partial charge in [0.25, 0.3) is 0 Å². The fourth-order valence-electron chi connectivity index (χ4n) is 1.89. The second kappa shape index (κ2) is 7.02. The zero-order valence-corrected chi connectivity index (χ0v) is 12.5. The maximum Gasteiger partial charge on any atom is 0.244 e. The Morgan fingerprint density at radius 2 is 2.05 bits per heavy atom. The van der Waals surface area contributed by atoms with Gasteiger partial charge in [-0.25, -0.2) is 13.1 Å². The first-order valence-corrected chi connectivity index (χ1v) is 8.01. The first kappa shape index (κ1) is 16.1. The molecule has 6 nitrogen and oxygen atoms in total. The van der Waals surface area contributed by atoms with Crippen LogP contribution in [0.2, 0.25) is 0 Å². The summed E-state index contributed by atoms with van der Waals surface area (Å²) >= 11 is 0. The average molecular weight is 289 g/mol. The van der Waals surface area contributed by atoms with Gasteiger partial charge in [0, 0.05) is 6.54 Å². The van der Waals surface area contributed by atoms with E-state index in [0.717, 1.165) is 19.3 Å². The molecule has 1 aromatic rings. The van der Waals surface area contributed by atoms with E-state index in [1.807, 2.05) is 0 Å². The molecule has 0 unspecified atom stereocenters. The number of aromatic nitrogens is 2. The number of sulfonamides is 1. The van der Waals surface area contributed by atoms with Crippen molar-refractivity contribution in [2.75, 3.05) is 6.54 Å². The van der Waals surface area contributed by atoms with Crippen LogP contribution < -0.4 is 4.72 Å². The average Bonchev–Trinajstić information content (AvgIpc) is 2.70. The molecule has 0 spiro atoms. The Morgan fingerprint density at radius 1 is 1.37 bits per heavy atom. The van der Waals surface area contributed by atoms with Crippen molar-refractivity contribution in [1.29, 1.82) is 0 Å². The second-order valence-corrected chi connectivity index (χ2v) is 6.77. The van der Waals surface area contributed by atoms with Crippen LogP contribution in [0.4, 0.5) is 0 Å². The van der Waals surface area contributed by atoms with Crippen LogP contribution in [0, 0.1) is 12.8 Å². The van der Waals surface area contributed by atoms with Crippen LogP contribution in [0.3, 0.4) is 0 Å². The molecule has 0 amide bonds. The van der Waals surface area contributed by atoms with Gasteiger partial charge in [-0.1, -0.05) is 26.7 Å². The number of rotatable bonds is 8. The molecule has 0 radical (unpaired) electrons. The predicted octanol–water partition coefficient (Wildman–Crippen LogP) is 1.32. The number of nitrogens with one attached hydrogen (secondary N) is 2. The number of unbranched alkanes of at least 4 members (excludes halogenated alkanes) is 1. The summed E-state index contributed by atoms with van der Waals surface area (Å²) in [5, 5.41) is 15.4. The van der Waals surface area contributed by atoms with Gasteiger partial charge < -0.3 is 5.11 Å². The molecular weight excluding hydrogens is 266 g/mol. The molecule has 0 saturated heterocycles. The van der Waals surface area contributed by atoms with Crippen LogP contribution in [-0.4, -0.2) is 30.3 Å². The van der Waals surface area contributed by atoms with Gasteiger partial charge in [-0.3, -0.25) is 5.10 Å². The molecule has 0 aliphatic heterocycles. The molecule has 7 heteroatoms. The van der Waals surface area contributed by atoms with Crippen molar-refractivity contribution < 1.29 is 13.5 Å². The molecular formula is C12H23N3O3S. The normalized spacial score (nSPS) is 12.3. The monoisotopic (exact) mass is 289 g/mol. The number of hydrogen-bond donors (Lipinski definition) is 3. The van der Waals surface area contributed by atoms with Crippen LogP contribution in [0.15, 0.2) is 4.90 Å². The lowest BCUT2D eigenvalue weighted by molar-refractivity contribution is 0.273. The highest BCUT2D eigenvalue weighted by Gasteiger charge is 2.23. The van der Waals surface area contributed by atoms with Crippen molar-refractivity contribution in [2.24, 2.45) is 5.92 Å². The molecule has 0 aromatic carbocycles. The van der Waals surface area contributed by atoms with Crippen LogP contribution in [-0.2, 0) is 16.6 Å². The molecule has 1 aromatic heterocycles. The van der Waals surface area contributed by atoms with Gasteiger partial charge in [0.15, 0.2) is 0 Å². The Morgan fingerprint density at radius 3 is 2.63 bits per heavy atom. The van der Waals surface area contributed by atoms with E-state index in [1.54, 1.807) is 6.92 Å². The minimum absolute atomic E-state index is 0.0684. The summed E-state index contributed by atoms with van der Waals surface area (Å²) in [4.78, 5) is 0.0684. The highest BCUT2D eigenvalue weighted by molar-refractivity contribution is 7.89. The molecule has 0 fully saturated rings. The third kappa shape index (κ3) is 4.59. The van der Waals surface area contributed by atoms with Gasteiger partial charge in [-0.05, 0) is 19.3 Å². The summed E-state index contributed by atoms with van der Waals surface area (Å²) in [7, 11) is -3.59. The number of nitrogens with zero attached hydrogens (tertiary/aromatic N) is 1. The lowest BCUT2D eigenvalue weighted by Gasteiger charge is -2.08. The highest BCUT2D eigenvalue weighted by Crippen LogP contribution is 2.17. The zero-order valence-electron chi connectivity index (χ0n) is 11.7. The van der Waals surface area contributed by atoms with E-state index in [0.29, 0.717) is 18.2 Å². The number of aromatic amines is 1. The van der Waals surface area contributed by atoms with Crippen molar-refractivity contribution in [3.05, 3.63) is 11.4 Å². The largest absolute Gasteiger partial charge is 0.390 e. The fourth-order valence-corrected chi connectivity index (χ4v) is 3.32. The van der Waals surface area contributed by atoms with E-state index in [1.165, 1.54) is 0 Å². The van der Waals surface area contributed by atoms with E-state index in [9.17, 15) is 8.42 Å². The van der Waals surface area contributed by atoms with Gasteiger partial charge in [-0.15, -0.1) is 0 Å². The van der Waals surface area contributed by atoms with E-state index >= 15 is 0 Å². The van der Waals surface area contributed by atoms with E-state index in [2.05, 4.69) is 28.8 Å². The maximum atomic E-state index is 12.1. The molecule has 1 heterocycles. The minimum Gasteiger partial charge on any atom is -0.390 e. The topological polar surface area (TPSA) is 95.1 Å². The van der Waals surface area contributed by atoms with Crippen LogP contribution in [0.5, 0.6) is 0 Å². The summed E-state index contributed by atoms with van der Waals surface area (Å²) < 4.78 is 26.8. The number of aryl methyl sites for hydroxylation is 1. The van der Waals surface area contributed by atoms with Gasteiger partial charge >= 0.3 is 0 Å². The van der Waals surface area contributed by atoms with Crippen molar-refractivity contribution in [2.45, 2.75) is 51.5 Å². The Kier molecular flexibility index (Phi) is 5.96. The smallest absolute Gasteiger partial charge is 0.244 e. The summed E-state index contributed by atoms with van der Waals surface area (Å²) in [6.45, 7) is 5.93. The summed E-state index contributed by atoms with van der Waals surface area (Å²) in [6.07, 6.45) is 2.90. The summed E-state index contributed by atoms with van der Waals surface area (Å²) in [5.74, 6) is 0.633. The molecule has 0 saturated carbocycles. The van der Waals surface area contributed by atoms with Crippen molar-refractivity contribution in [3.8, 4) is 0 Å². The van der Waals surface area contributed by atoms with Crippen LogP contribution in [0.1, 0.15) is 44.5 Å². The molecule has 19 heavy (non-hydrogen) atoms. The Bertz CT molecular complexity index is 494. The molecule has 1 rings (SSSR count). The van der Waals surface area contributed by atoms with E-state index in [4.69, 9.17) is 5.11 Å². The molecule has 0 aliphatic carbocycles. The number of aliphatic hydroxyl groups excluding tert-OH is 1. The van der Waals surface area contributed by atoms with Crippen LogP contribution in [0.25, 0.3) is 0 Å². The molecule has 0 aliphatic rings. The number of H-pyrrole nitrogens is 1. The van der Waals surface area contributed by atoms with Crippen LogP contribution >= 0.6 is 0 Å². The molecule has 110 valence electrons.